The first kappa shape index (κ1) is 9.20. The molecule has 3 aliphatic rings. The van der Waals surface area contributed by atoms with Gasteiger partial charge in [-0.2, -0.15) is 10.8 Å². The Hall–Kier alpha value is -1.05. The van der Waals surface area contributed by atoms with Crippen LogP contribution in [0.1, 0.15) is 0 Å². The smallest absolute Gasteiger partial charge is 0.253 e. The quantitative estimate of drug-likeness (QED) is 0.341. The molecule has 74 valence electrons. The van der Waals surface area contributed by atoms with Crippen molar-refractivity contribution >= 4 is 32.6 Å². The number of fused-ring (bicyclic) bond motifs is 1. The molecule has 0 spiro atoms. The Morgan fingerprint density at radius 1 is 1.40 bits per heavy atom. The van der Waals surface area contributed by atoms with Crippen LogP contribution in [0.5, 0.6) is 0 Å². The van der Waals surface area contributed by atoms with Gasteiger partial charge in [0.05, 0.1) is 35.0 Å². The summed E-state index contributed by atoms with van der Waals surface area (Å²) in [7, 11) is 0. The molecule has 0 amide bonds. The molecule has 0 saturated carbocycles. The molecule has 0 aromatic heterocycles. The molecule has 0 saturated heterocycles. The van der Waals surface area contributed by atoms with Crippen molar-refractivity contribution in [3.63, 3.8) is 0 Å². The minimum Gasteiger partial charge on any atom is -0.253 e. The lowest BCUT2D eigenvalue weighted by molar-refractivity contribution is -0.745. The van der Waals surface area contributed by atoms with Gasteiger partial charge in [-0.05, 0) is 0 Å². The Labute approximate surface area is 101 Å². The van der Waals surface area contributed by atoms with Crippen molar-refractivity contribution in [2.45, 2.75) is 0 Å². The molecule has 1 aliphatic carbocycles. The molecule has 2 N–H and O–H groups in total. The average molecular weight is 311 g/mol. The van der Waals surface area contributed by atoms with Gasteiger partial charge in [-0.25, -0.2) is 0 Å². The minimum absolute atomic E-state index is 0.143. The lowest BCUT2D eigenvalue weighted by atomic mass is 10.0. The van der Waals surface area contributed by atoms with Crippen molar-refractivity contribution in [2.75, 3.05) is 0 Å². The van der Waals surface area contributed by atoms with Crippen molar-refractivity contribution in [2.24, 2.45) is 15.8 Å². The van der Waals surface area contributed by atoms with Crippen LogP contribution < -0.4 is 5.84 Å². The lowest BCUT2D eigenvalue weighted by Crippen LogP contribution is -2.50. The van der Waals surface area contributed by atoms with Crippen molar-refractivity contribution < 1.29 is 4.59 Å². The van der Waals surface area contributed by atoms with Crippen LogP contribution in [0.25, 0.3) is 0 Å². The molecule has 15 heavy (non-hydrogen) atoms. The molecular weight excluding hydrogens is 303 g/mol. The minimum atomic E-state index is 0.143. The second-order valence-corrected chi connectivity index (χ2v) is 4.41. The highest BCUT2D eigenvalue weighted by Gasteiger charge is 2.42. The molecule has 0 bridgehead atoms. The standard InChI is InChI=1S/C10H8IN4/c11-10-14-9(7-2-1-3-7)8-6-13-4-5-15(8,10)12/h1-6H,12H2/q+1. The van der Waals surface area contributed by atoms with Crippen LogP contribution >= 0.6 is 22.6 Å². The Morgan fingerprint density at radius 2 is 2.20 bits per heavy atom. The van der Waals surface area contributed by atoms with Gasteiger partial charge in [0, 0.05) is 5.57 Å². The fourth-order valence-corrected chi connectivity index (χ4v) is 2.29. The highest BCUT2D eigenvalue weighted by molar-refractivity contribution is 14.1. The van der Waals surface area contributed by atoms with Crippen LogP contribution in [0.15, 0.2) is 57.6 Å². The fourth-order valence-electron chi connectivity index (χ4n) is 1.63. The molecule has 0 fully saturated rings. The van der Waals surface area contributed by atoms with Crippen LogP contribution in [-0.2, 0) is 0 Å². The van der Waals surface area contributed by atoms with Crippen LogP contribution in [0, 0.1) is 0 Å². The number of rotatable bonds is 1. The Kier molecular flexibility index (Phi) is 1.82. The predicted octanol–water partition coefficient (Wildman–Crippen LogP) is 1.74. The monoisotopic (exact) mass is 311 g/mol. The van der Waals surface area contributed by atoms with Crippen LogP contribution in [0.2, 0.25) is 0 Å². The summed E-state index contributed by atoms with van der Waals surface area (Å²) in [4.78, 5) is 8.60. The highest BCUT2D eigenvalue weighted by Crippen LogP contribution is 2.35. The van der Waals surface area contributed by atoms with Crippen molar-refractivity contribution in [1.82, 2.24) is 0 Å². The van der Waals surface area contributed by atoms with Crippen LogP contribution in [-0.4, -0.2) is 14.6 Å². The summed E-state index contributed by atoms with van der Waals surface area (Å²) >= 11 is 2.16. The van der Waals surface area contributed by atoms with Gasteiger partial charge < -0.3 is 0 Å². The molecular formula is C10H8IN4+. The summed E-state index contributed by atoms with van der Waals surface area (Å²) in [6.07, 6.45) is 11.3. The molecule has 0 radical (unpaired) electrons. The summed E-state index contributed by atoms with van der Waals surface area (Å²) < 4.78 is 0.978. The van der Waals surface area contributed by atoms with E-state index in [2.05, 4.69) is 32.6 Å². The summed E-state index contributed by atoms with van der Waals surface area (Å²) in [5, 5.41) is 0. The van der Waals surface area contributed by atoms with Crippen LogP contribution in [0.4, 0.5) is 0 Å². The molecule has 1 unspecified atom stereocenters. The number of hydrogen-bond acceptors (Lipinski definition) is 3. The van der Waals surface area contributed by atoms with Gasteiger partial charge in [-0.3, -0.25) is 4.99 Å². The van der Waals surface area contributed by atoms with Crippen molar-refractivity contribution in [3.8, 4) is 0 Å². The van der Waals surface area contributed by atoms with Gasteiger partial charge in [0.15, 0.2) is 0 Å². The molecule has 2 heterocycles. The SMILES string of the molecule is N[N+]12C=CN=CC1=C(C1=CC=C1)N=C2I. The van der Waals surface area contributed by atoms with Crippen LogP contribution in [0.3, 0.4) is 0 Å². The maximum absolute atomic E-state index is 6.23. The lowest BCUT2D eigenvalue weighted by Gasteiger charge is -2.23. The Balaban J connectivity index is 2.18. The van der Waals surface area contributed by atoms with Crippen molar-refractivity contribution in [1.29, 1.82) is 0 Å². The molecule has 2 aliphatic heterocycles. The second kappa shape index (κ2) is 2.97. The number of quaternary nitrogens is 1. The topological polar surface area (TPSA) is 50.7 Å². The zero-order valence-electron chi connectivity index (χ0n) is 7.76. The third-order valence-electron chi connectivity index (χ3n) is 2.56. The van der Waals surface area contributed by atoms with E-state index in [1.165, 1.54) is 0 Å². The second-order valence-electron chi connectivity index (χ2n) is 3.45. The van der Waals surface area contributed by atoms with E-state index in [1.54, 1.807) is 12.4 Å². The first-order valence-electron chi connectivity index (χ1n) is 4.48. The third kappa shape index (κ3) is 1.14. The summed E-state index contributed by atoms with van der Waals surface area (Å²) in [6.45, 7) is 0. The first-order chi connectivity index (χ1) is 7.22. The zero-order chi connectivity index (χ0) is 10.5. The molecule has 3 rings (SSSR count). The number of amidine groups is 1. The van der Waals surface area contributed by atoms with Gasteiger partial charge in [-0.15, -0.1) is 4.59 Å². The summed E-state index contributed by atoms with van der Waals surface area (Å²) in [5.74, 6) is 6.23. The average Bonchev–Trinajstić information content (AvgIpc) is 2.38. The maximum atomic E-state index is 6.23. The number of aliphatic imine (C=N–C) groups is 2. The number of halogens is 1. The maximum Gasteiger partial charge on any atom is 0.294 e. The molecule has 0 aromatic rings. The van der Waals surface area contributed by atoms with Gasteiger partial charge >= 0.3 is 0 Å². The molecule has 1 atom stereocenters. The molecule has 4 nitrogen and oxygen atoms in total. The van der Waals surface area contributed by atoms with E-state index in [0.717, 1.165) is 20.8 Å². The van der Waals surface area contributed by atoms with E-state index < -0.39 is 0 Å². The van der Waals surface area contributed by atoms with E-state index in [1.807, 2.05) is 24.4 Å². The van der Waals surface area contributed by atoms with E-state index in [4.69, 9.17) is 5.84 Å². The van der Waals surface area contributed by atoms with Gasteiger partial charge in [0.25, 0.3) is 3.84 Å². The van der Waals surface area contributed by atoms with Gasteiger partial charge in [-0.1, -0.05) is 18.2 Å². The summed E-state index contributed by atoms with van der Waals surface area (Å²) in [5.41, 5.74) is 2.97. The normalized spacial score (nSPS) is 31.3. The van der Waals surface area contributed by atoms with E-state index in [0.29, 0.717) is 0 Å². The number of nitrogens with zero attached hydrogens (tertiary/aromatic N) is 3. The van der Waals surface area contributed by atoms with Crippen molar-refractivity contribution in [3.05, 3.63) is 47.6 Å². The zero-order valence-corrected chi connectivity index (χ0v) is 9.92. The van der Waals surface area contributed by atoms with E-state index >= 15 is 0 Å². The highest BCUT2D eigenvalue weighted by atomic mass is 127. The van der Waals surface area contributed by atoms with E-state index in [9.17, 15) is 0 Å². The number of allylic oxidation sites excluding steroid dienone is 4. The fraction of sp³-hybridized carbons (Fsp3) is 0. The molecule has 0 aromatic carbocycles. The predicted molar refractivity (Wildman–Crippen MR) is 67.8 cm³/mol. The Bertz CT molecular complexity index is 522. The number of hydrogen-bond donors (Lipinski definition) is 1. The van der Waals surface area contributed by atoms with E-state index in [-0.39, 0.29) is 4.59 Å². The first-order valence-corrected chi connectivity index (χ1v) is 5.56. The Morgan fingerprint density at radius 3 is 2.87 bits per heavy atom. The molecule has 5 heteroatoms. The third-order valence-corrected chi connectivity index (χ3v) is 3.60. The van der Waals surface area contributed by atoms with Gasteiger partial charge in [0.2, 0.25) is 5.70 Å². The summed E-state index contributed by atoms with van der Waals surface area (Å²) in [6, 6.07) is 0. The number of nitrogens with two attached hydrogens (primary N) is 1. The largest absolute Gasteiger partial charge is 0.294 e. The van der Waals surface area contributed by atoms with Gasteiger partial charge in [0.1, 0.15) is 11.9 Å².